The molecular weight excluding hydrogens is 738 g/mol. The van der Waals surface area contributed by atoms with Crippen molar-refractivity contribution in [2.24, 2.45) is 10.8 Å². The number of methoxy groups -OCH3 is 3. The van der Waals surface area contributed by atoms with Gasteiger partial charge in [-0.1, -0.05) is 64.1 Å². The number of halogens is 3. The molecule has 8 rings (SSSR count). The van der Waals surface area contributed by atoms with Crippen molar-refractivity contribution in [1.82, 2.24) is 0 Å². The molecule has 55 heavy (non-hydrogen) atoms. The third-order valence-electron chi connectivity index (χ3n) is 11.6. The molecule has 0 unspecified atom stereocenters. The van der Waals surface area contributed by atoms with Gasteiger partial charge in [0.05, 0.1) is 21.3 Å². The molecule has 0 saturated heterocycles. The Labute approximate surface area is 329 Å². The van der Waals surface area contributed by atoms with Gasteiger partial charge < -0.3 is 18.9 Å². The maximum Gasteiger partial charge on any atom is 0.446 e. The summed E-state index contributed by atoms with van der Waals surface area (Å²) in [6, 6.07) is 25.5. The molecule has 2 aliphatic carbocycles. The Kier molecular flexibility index (Phi) is 9.04. The van der Waals surface area contributed by atoms with E-state index in [-0.39, 0.29) is 27.5 Å². The second kappa shape index (κ2) is 13.2. The molecule has 1 fully saturated rings. The molecular formula is C46H45F3O4S2. The van der Waals surface area contributed by atoms with Gasteiger partial charge in [0.15, 0.2) is 5.60 Å². The minimum atomic E-state index is -4.41. The van der Waals surface area contributed by atoms with Crippen LogP contribution in [0, 0.1) is 10.8 Å². The molecule has 0 aromatic heterocycles. The van der Waals surface area contributed by atoms with E-state index in [0.29, 0.717) is 5.75 Å². The highest BCUT2D eigenvalue weighted by Gasteiger charge is 2.56. The second-order valence-electron chi connectivity index (χ2n) is 16.6. The van der Waals surface area contributed by atoms with Crippen LogP contribution < -0.4 is 18.9 Å². The third kappa shape index (κ3) is 6.26. The molecule has 0 amide bonds. The number of rotatable bonds is 7. The number of hydrogen-bond acceptors (Lipinski definition) is 6. The molecule has 0 N–H and O–H groups in total. The van der Waals surface area contributed by atoms with Gasteiger partial charge in [-0.25, -0.2) is 0 Å². The van der Waals surface area contributed by atoms with Gasteiger partial charge in [0.1, 0.15) is 23.0 Å². The van der Waals surface area contributed by atoms with Crippen LogP contribution in [0.5, 0.6) is 23.0 Å². The molecule has 5 aromatic rings. The average Bonchev–Trinajstić information content (AvgIpc) is 3.39. The highest BCUT2D eigenvalue weighted by Crippen LogP contribution is 2.67. The minimum absolute atomic E-state index is 0.0403. The van der Waals surface area contributed by atoms with E-state index in [0.717, 1.165) is 91.1 Å². The molecule has 0 atom stereocenters. The minimum Gasteiger partial charge on any atom is -0.497 e. The van der Waals surface area contributed by atoms with Gasteiger partial charge in [0.25, 0.3) is 0 Å². The number of alkyl halides is 3. The fraction of sp³-hybridized carbons (Fsp3) is 0.348. The highest BCUT2D eigenvalue weighted by atomic mass is 32.2. The molecule has 286 valence electrons. The molecule has 1 aliphatic heterocycles. The summed E-state index contributed by atoms with van der Waals surface area (Å²) >= 11 is 1.56. The summed E-state index contributed by atoms with van der Waals surface area (Å²) < 4.78 is 66.6. The SMILES string of the molecule is COc1ccc(C2(c3ccc(OC)cc3)C=Cc3c4c(c5cc(SC)c(OC)cc5c3O2)-c2ccc(SC(F)(F)F)cc2C42CC(C)(C)CC(C)(C)C2)cc1. The standard InChI is InChI=1S/C46H45F3O4S2/c1-42(2)24-43(3,4)26-44(25-42)36-21-31(55-46(47,48)49)17-18-32(36)39-34-23-38(54-8)37(52-7)22-35(34)41-33(40(39)44)19-20-45(53-41,27-9-13-29(50-5)14-10-27)28-11-15-30(51-6)16-12-28/h9-23H,24-26H2,1-8H3. The Morgan fingerprint density at radius 3 is 1.84 bits per heavy atom. The van der Waals surface area contributed by atoms with Crippen LogP contribution in [-0.2, 0) is 11.0 Å². The van der Waals surface area contributed by atoms with Gasteiger partial charge in [0, 0.05) is 37.3 Å². The first-order valence-corrected chi connectivity index (χ1v) is 20.4. The quantitative estimate of drug-likeness (QED) is 0.153. The maximum atomic E-state index is 14.0. The van der Waals surface area contributed by atoms with Crippen LogP contribution in [0.4, 0.5) is 13.2 Å². The van der Waals surface area contributed by atoms with Crippen molar-refractivity contribution in [1.29, 1.82) is 0 Å². The summed E-state index contributed by atoms with van der Waals surface area (Å²) in [6.45, 7) is 9.21. The van der Waals surface area contributed by atoms with Gasteiger partial charge >= 0.3 is 5.51 Å². The summed E-state index contributed by atoms with van der Waals surface area (Å²) in [5, 5.41) is 1.87. The topological polar surface area (TPSA) is 36.9 Å². The summed E-state index contributed by atoms with van der Waals surface area (Å²) in [7, 11) is 4.98. The largest absolute Gasteiger partial charge is 0.497 e. The van der Waals surface area contributed by atoms with Crippen LogP contribution >= 0.6 is 23.5 Å². The molecule has 5 aromatic carbocycles. The van der Waals surface area contributed by atoms with Gasteiger partial charge in [0.2, 0.25) is 0 Å². The number of hydrogen-bond donors (Lipinski definition) is 0. The average molecular weight is 783 g/mol. The fourth-order valence-corrected chi connectivity index (χ4v) is 11.5. The van der Waals surface area contributed by atoms with Crippen molar-refractivity contribution in [3.8, 4) is 34.1 Å². The molecule has 1 saturated carbocycles. The number of ether oxygens (including phenoxy) is 4. The fourth-order valence-electron chi connectivity index (χ4n) is 10.4. The molecule has 4 nitrogen and oxygen atoms in total. The second-order valence-corrected chi connectivity index (χ2v) is 18.6. The van der Waals surface area contributed by atoms with E-state index in [2.05, 4.69) is 52.0 Å². The molecule has 3 aliphatic rings. The Morgan fingerprint density at radius 1 is 0.709 bits per heavy atom. The summed E-state index contributed by atoms with van der Waals surface area (Å²) in [5.74, 6) is 2.91. The van der Waals surface area contributed by atoms with E-state index >= 15 is 0 Å². The Bertz CT molecular complexity index is 2280. The van der Waals surface area contributed by atoms with E-state index in [9.17, 15) is 13.2 Å². The maximum absolute atomic E-state index is 14.0. The van der Waals surface area contributed by atoms with Crippen molar-refractivity contribution >= 4 is 40.4 Å². The molecule has 1 spiro atoms. The smallest absolute Gasteiger partial charge is 0.446 e. The summed E-state index contributed by atoms with van der Waals surface area (Å²) in [6.07, 6.45) is 8.93. The number of benzene rings is 5. The van der Waals surface area contributed by atoms with Crippen LogP contribution in [0.3, 0.4) is 0 Å². The zero-order chi connectivity index (χ0) is 39.1. The Balaban J connectivity index is 1.49. The van der Waals surface area contributed by atoms with Crippen LogP contribution in [0.15, 0.2) is 94.7 Å². The van der Waals surface area contributed by atoms with E-state index in [4.69, 9.17) is 18.9 Å². The third-order valence-corrected chi connectivity index (χ3v) is 13.1. The predicted octanol–water partition coefficient (Wildman–Crippen LogP) is 13.1. The lowest BCUT2D eigenvalue weighted by Crippen LogP contribution is -2.44. The van der Waals surface area contributed by atoms with Crippen molar-refractivity contribution in [2.45, 2.75) is 73.3 Å². The van der Waals surface area contributed by atoms with Crippen molar-refractivity contribution in [2.75, 3.05) is 27.6 Å². The van der Waals surface area contributed by atoms with Crippen LogP contribution in [-0.4, -0.2) is 33.1 Å². The predicted molar refractivity (Wildman–Crippen MR) is 218 cm³/mol. The van der Waals surface area contributed by atoms with Gasteiger partial charge in [-0.3, -0.25) is 0 Å². The summed E-state index contributed by atoms with van der Waals surface area (Å²) in [5.41, 5.74) is 0.679. The Hall–Kier alpha value is -4.21. The number of thioether (sulfide) groups is 2. The van der Waals surface area contributed by atoms with E-state index < -0.39 is 16.5 Å². The Morgan fingerprint density at radius 2 is 1.31 bits per heavy atom. The monoisotopic (exact) mass is 782 g/mol. The van der Waals surface area contributed by atoms with Gasteiger partial charge in [-0.2, -0.15) is 13.2 Å². The van der Waals surface area contributed by atoms with E-state index in [1.807, 2.05) is 66.9 Å². The molecule has 9 heteroatoms. The lowest BCUT2D eigenvalue weighted by molar-refractivity contribution is -0.0328. The van der Waals surface area contributed by atoms with Crippen LogP contribution in [0.2, 0.25) is 0 Å². The normalized spacial score (nSPS) is 18.3. The lowest BCUT2D eigenvalue weighted by Gasteiger charge is -2.52. The molecule has 0 bridgehead atoms. The summed E-state index contributed by atoms with van der Waals surface area (Å²) in [4.78, 5) is 1.17. The van der Waals surface area contributed by atoms with Crippen molar-refractivity contribution < 1.29 is 32.1 Å². The van der Waals surface area contributed by atoms with Crippen molar-refractivity contribution in [3.05, 3.63) is 113 Å². The van der Waals surface area contributed by atoms with Crippen molar-refractivity contribution in [3.63, 3.8) is 0 Å². The number of fused-ring (bicyclic) bond motifs is 10. The van der Waals surface area contributed by atoms with E-state index in [1.165, 1.54) is 0 Å². The molecule has 1 heterocycles. The zero-order valence-corrected chi connectivity index (χ0v) is 34.0. The lowest BCUT2D eigenvalue weighted by atomic mass is 9.52. The van der Waals surface area contributed by atoms with E-state index in [1.54, 1.807) is 39.2 Å². The molecule has 0 radical (unpaired) electrons. The van der Waals surface area contributed by atoms with Crippen LogP contribution in [0.25, 0.3) is 28.0 Å². The first-order chi connectivity index (χ1) is 26.1. The first kappa shape index (κ1) is 37.7. The first-order valence-electron chi connectivity index (χ1n) is 18.4. The van der Waals surface area contributed by atoms with Crippen LogP contribution in [0.1, 0.15) is 74.8 Å². The zero-order valence-electron chi connectivity index (χ0n) is 32.4. The van der Waals surface area contributed by atoms with Gasteiger partial charge in [-0.05, 0) is 130 Å². The highest BCUT2D eigenvalue weighted by molar-refractivity contribution is 8.00. The van der Waals surface area contributed by atoms with Gasteiger partial charge in [-0.15, -0.1) is 11.8 Å².